The molecule has 8 nitrogen and oxygen atoms in total. The Labute approximate surface area is 302 Å². The fourth-order valence-corrected chi connectivity index (χ4v) is 7.28. The summed E-state index contributed by atoms with van der Waals surface area (Å²) in [6, 6.07) is 10.5. The highest BCUT2D eigenvalue weighted by atomic mass is 35.5. The van der Waals surface area contributed by atoms with Crippen LogP contribution in [-0.2, 0) is 16.0 Å². The highest BCUT2D eigenvalue weighted by Crippen LogP contribution is 2.47. The van der Waals surface area contributed by atoms with Gasteiger partial charge in [0.1, 0.15) is 11.1 Å². The van der Waals surface area contributed by atoms with Crippen molar-refractivity contribution in [1.29, 1.82) is 5.26 Å². The molecule has 11 heteroatoms. The van der Waals surface area contributed by atoms with Crippen LogP contribution in [-0.4, -0.2) is 45.1 Å². The molecule has 2 amide bonds. The normalized spacial score (nSPS) is 17.5. The van der Waals surface area contributed by atoms with Gasteiger partial charge in [0.15, 0.2) is 5.82 Å². The molecule has 1 N–H and O–H groups in total. The maximum absolute atomic E-state index is 17.2. The summed E-state index contributed by atoms with van der Waals surface area (Å²) in [7, 11) is 0. The molecule has 0 spiro atoms. The zero-order chi connectivity index (χ0) is 36.3. The summed E-state index contributed by atoms with van der Waals surface area (Å²) >= 11 is 13.1. The SMILES string of the molecule is C=C(C)c1nc2c(F)c(-c3cccc(Cl)c3Cl)c(CCC#N)cc2c2c1cc(C(C)NC(=O)C1(C)CC1)n2C1CCN(C(=O)OC(C)(C)C)C1. The van der Waals surface area contributed by atoms with E-state index in [4.69, 9.17) is 32.9 Å². The van der Waals surface area contributed by atoms with Crippen LogP contribution in [0.5, 0.6) is 0 Å². The number of nitrogens with zero attached hydrogens (tertiary/aromatic N) is 4. The summed E-state index contributed by atoms with van der Waals surface area (Å²) in [6.07, 6.45) is 2.29. The molecule has 6 rings (SSSR count). The Hall–Kier alpha value is -4.13. The second kappa shape index (κ2) is 13.2. The van der Waals surface area contributed by atoms with Crippen molar-refractivity contribution in [1.82, 2.24) is 19.8 Å². The molecule has 2 aromatic carbocycles. The number of carbonyl (C=O) groups is 2. The monoisotopic (exact) mass is 717 g/mol. The van der Waals surface area contributed by atoms with E-state index >= 15 is 4.39 Å². The molecule has 2 aromatic heterocycles. The summed E-state index contributed by atoms with van der Waals surface area (Å²) in [4.78, 5) is 33.1. The highest BCUT2D eigenvalue weighted by Gasteiger charge is 2.45. The van der Waals surface area contributed by atoms with E-state index in [1.807, 2.05) is 53.7 Å². The number of carbonyl (C=O) groups excluding carboxylic acids is 2. The summed E-state index contributed by atoms with van der Waals surface area (Å²) in [6.45, 7) is 16.3. The fourth-order valence-electron chi connectivity index (χ4n) is 6.89. The van der Waals surface area contributed by atoms with Crippen LogP contribution >= 0.6 is 23.2 Å². The zero-order valence-corrected chi connectivity index (χ0v) is 30.9. The van der Waals surface area contributed by atoms with Gasteiger partial charge >= 0.3 is 6.09 Å². The van der Waals surface area contributed by atoms with E-state index in [0.29, 0.717) is 47.3 Å². The zero-order valence-electron chi connectivity index (χ0n) is 29.3. The Bertz CT molecular complexity index is 2110. The van der Waals surface area contributed by atoms with E-state index in [1.54, 1.807) is 23.1 Å². The number of ether oxygens (including phenoxy) is 1. The Morgan fingerprint density at radius 1 is 1.24 bits per heavy atom. The number of benzene rings is 2. The van der Waals surface area contributed by atoms with Gasteiger partial charge in [-0.1, -0.05) is 48.8 Å². The van der Waals surface area contributed by atoms with Crippen LogP contribution in [0.4, 0.5) is 9.18 Å². The Kier molecular flexibility index (Phi) is 9.42. The minimum atomic E-state index is -0.655. The molecular formula is C39H42Cl2FN5O3. The summed E-state index contributed by atoms with van der Waals surface area (Å²) in [5, 5.41) is 14.6. The van der Waals surface area contributed by atoms with E-state index in [0.717, 1.165) is 29.4 Å². The Morgan fingerprint density at radius 3 is 2.60 bits per heavy atom. The standard InChI is InChI=1S/C39H42Cl2FN5O3/c1-21(2)33-27-19-29(22(3)44-36(48)39(7)14-15-39)47(24-13-17-46(20-24)37(49)50-38(4,5)6)35(27)26-18-23(10-9-16-43)30(32(42)34(26)45-33)25-11-8-12-28(40)31(25)41/h8,11-12,18-19,22,24H,1,9-10,13-15,17,20H2,2-7H3,(H,44,48). The molecule has 1 aliphatic carbocycles. The van der Waals surface area contributed by atoms with Crippen LogP contribution in [0.1, 0.15) is 96.3 Å². The van der Waals surface area contributed by atoms with Crippen molar-refractivity contribution in [3.63, 3.8) is 0 Å². The van der Waals surface area contributed by atoms with E-state index in [1.165, 1.54) is 0 Å². The van der Waals surface area contributed by atoms with Crippen LogP contribution in [0.15, 0.2) is 36.9 Å². The first-order valence-corrected chi connectivity index (χ1v) is 17.8. The summed E-state index contributed by atoms with van der Waals surface area (Å²) in [5.41, 5.74) is 3.02. The highest BCUT2D eigenvalue weighted by molar-refractivity contribution is 6.43. The third-order valence-electron chi connectivity index (χ3n) is 9.77. The molecule has 0 bridgehead atoms. The average molecular weight is 719 g/mol. The smallest absolute Gasteiger partial charge is 0.410 e. The molecule has 4 aromatic rings. The van der Waals surface area contributed by atoms with Crippen molar-refractivity contribution < 1.29 is 18.7 Å². The average Bonchev–Trinajstić information content (AvgIpc) is 3.42. The van der Waals surface area contributed by atoms with Gasteiger partial charge < -0.3 is 19.5 Å². The third kappa shape index (κ3) is 6.56. The first kappa shape index (κ1) is 35.7. The molecule has 2 atom stereocenters. The molecule has 1 saturated carbocycles. The van der Waals surface area contributed by atoms with Gasteiger partial charge in [-0.05, 0) is 89.6 Å². The van der Waals surface area contributed by atoms with Crippen LogP contribution in [0.3, 0.4) is 0 Å². The molecule has 1 aliphatic heterocycles. The van der Waals surface area contributed by atoms with Gasteiger partial charge in [-0.2, -0.15) is 5.26 Å². The van der Waals surface area contributed by atoms with Gasteiger partial charge in [-0.3, -0.25) is 4.79 Å². The first-order valence-electron chi connectivity index (χ1n) is 17.0. The van der Waals surface area contributed by atoms with Gasteiger partial charge in [0.2, 0.25) is 5.91 Å². The van der Waals surface area contributed by atoms with Crippen molar-refractivity contribution in [3.8, 4) is 17.2 Å². The van der Waals surface area contributed by atoms with Crippen LogP contribution < -0.4 is 5.32 Å². The van der Waals surface area contributed by atoms with Gasteiger partial charge in [-0.15, -0.1) is 0 Å². The largest absolute Gasteiger partial charge is 0.444 e. The molecule has 3 heterocycles. The van der Waals surface area contributed by atoms with Gasteiger partial charge in [0.05, 0.1) is 39.4 Å². The maximum atomic E-state index is 17.2. The van der Waals surface area contributed by atoms with Crippen molar-refractivity contribution in [2.75, 3.05) is 13.1 Å². The third-order valence-corrected chi connectivity index (χ3v) is 10.6. The number of nitrogens with one attached hydrogen (secondary N) is 1. The number of amides is 2. The van der Waals surface area contributed by atoms with E-state index in [9.17, 15) is 14.9 Å². The number of aryl methyl sites for hydroxylation is 1. The predicted octanol–water partition coefficient (Wildman–Crippen LogP) is 9.95. The Balaban J connectivity index is 1.64. The van der Waals surface area contributed by atoms with Crippen molar-refractivity contribution in [2.45, 2.75) is 91.3 Å². The molecule has 0 radical (unpaired) electrons. The van der Waals surface area contributed by atoms with E-state index in [-0.39, 0.29) is 51.3 Å². The quantitative estimate of drug-likeness (QED) is 0.196. The lowest BCUT2D eigenvalue weighted by Gasteiger charge is -2.26. The molecule has 2 unspecified atom stereocenters. The minimum Gasteiger partial charge on any atom is -0.444 e. The molecular weight excluding hydrogens is 676 g/mol. The number of hydrogen-bond acceptors (Lipinski definition) is 5. The second-order valence-electron chi connectivity index (χ2n) is 14.9. The number of nitriles is 1. The topological polar surface area (TPSA) is 100 Å². The Morgan fingerprint density at radius 2 is 1.96 bits per heavy atom. The summed E-state index contributed by atoms with van der Waals surface area (Å²) < 4.78 is 25.1. The predicted molar refractivity (Wildman–Crippen MR) is 197 cm³/mol. The molecule has 50 heavy (non-hydrogen) atoms. The lowest BCUT2D eigenvalue weighted by Crippen LogP contribution is -2.36. The lowest BCUT2D eigenvalue weighted by molar-refractivity contribution is -0.126. The fraction of sp³-hybridized carbons (Fsp3) is 0.436. The van der Waals surface area contributed by atoms with Crippen molar-refractivity contribution in [3.05, 3.63) is 69.7 Å². The number of fused-ring (bicyclic) bond motifs is 3. The maximum Gasteiger partial charge on any atom is 0.410 e. The van der Waals surface area contributed by atoms with Gasteiger partial charge in [0.25, 0.3) is 0 Å². The molecule has 1 saturated heterocycles. The minimum absolute atomic E-state index is 0.0143. The number of pyridine rings is 1. The number of allylic oxidation sites excluding steroid dienone is 1. The van der Waals surface area contributed by atoms with E-state index < -0.39 is 23.6 Å². The number of likely N-dealkylation sites (tertiary alicyclic amines) is 1. The summed E-state index contributed by atoms with van der Waals surface area (Å²) in [5.74, 6) is -0.595. The van der Waals surface area contributed by atoms with Crippen molar-refractivity contribution >= 4 is 62.6 Å². The number of hydrogen-bond donors (Lipinski definition) is 1. The van der Waals surface area contributed by atoms with Gasteiger partial charge in [-0.25, -0.2) is 14.2 Å². The van der Waals surface area contributed by atoms with E-state index in [2.05, 4.69) is 22.5 Å². The van der Waals surface area contributed by atoms with Crippen LogP contribution in [0.25, 0.3) is 38.5 Å². The molecule has 2 aliphatic rings. The second-order valence-corrected chi connectivity index (χ2v) is 15.7. The first-order chi connectivity index (χ1) is 23.5. The lowest BCUT2D eigenvalue weighted by atomic mass is 9.92. The molecule has 2 fully saturated rings. The number of halogens is 3. The van der Waals surface area contributed by atoms with Crippen LogP contribution in [0, 0.1) is 22.6 Å². The number of rotatable bonds is 8. The number of aromatic nitrogens is 2. The van der Waals surface area contributed by atoms with Crippen molar-refractivity contribution in [2.24, 2.45) is 5.41 Å². The molecule has 262 valence electrons. The van der Waals surface area contributed by atoms with Crippen LogP contribution in [0.2, 0.25) is 10.0 Å². The van der Waals surface area contributed by atoms with Gasteiger partial charge in [0, 0.05) is 52.5 Å².